The Morgan fingerprint density at radius 2 is 1.59 bits per heavy atom. The van der Waals surface area contributed by atoms with E-state index in [1.807, 2.05) is 58.0 Å². The Labute approximate surface area is 106 Å². The monoisotopic (exact) mass is 237 g/mol. The van der Waals surface area contributed by atoms with E-state index in [-0.39, 0.29) is 11.7 Å². The fourth-order valence-electron chi connectivity index (χ4n) is 1.41. The van der Waals surface area contributed by atoms with E-state index in [4.69, 9.17) is 5.73 Å². The van der Waals surface area contributed by atoms with E-state index in [0.717, 1.165) is 5.56 Å². The molecule has 0 radical (unpaired) electrons. The summed E-state index contributed by atoms with van der Waals surface area (Å²) >= 11 is 0. The van der Waals surface area contributed by atoms with Crippen LogP contribution in [0.3, 0.4) is 0 Å². The van der Waals surface area contributed by atoms with Crippen molar-refractivity contribution >= 4 is 5.78 Å². The molecule has 1 aromatic carbocycles. The molecule has 0 spiro atoms. The third kappa shape index (κ3) is 8.64. The zero-order valence-electron chi connectivity index (χ0n) is 11.9. The molecule has 98 valence electrons. The number of carbonyl (C=O) groups is 1. The van der Waals surface area contributed by atoms with Crippen LogP contribution < -0.4 is 5.73 Å². The minimum atomic E-state index is 0.179. The lowest BCUT2D eigenvalue weighted by Crippen LogP contribution is -2.15. The molecule has 2 heteroatoms. The molecule has 0 amide bonds. The third-order valence-corrected chi connectivity index (χ3v) is 2.09. The molecule has 1 aromatic rings. The largest absolute Gasteiger partial charge is 0.330 e. The molecule has 1 atom stereocenters. The molecular formula is C15H27NO. The third-order valence-electron chi connectivity index (χ3n) is 2.09. The van der Waals surface area contributed by atoms with Crippen LogP contribution in [-0.2, 0) is 4.79 Å². The SMILES string of the molecule is CC.CC.CC(=O)CC(CN)c1ccccc1. The van der Waals surface area contributed by atoms with Crippen molar-refractivity contribution in [3.8, 4) is 0 Å². The van der Waals surface area contributed by atoms with Gasteiger partial charge in [-0.3, -0.25) is 0 Å². The number of benzene rings is 1. The van der Waals surface area contributed by atoms with Crippen molar-refractivity contribution in [1.82, 2.24) is 0 Å². The highest BCUT2D eigenvalue weighted by Crippen LogP contribution is 2.17. The smallest absolute Gasteiger partial charge is 0.130 e. The molecule has 0 aliphatic carbocycles. The second kappa shape index (κ2) is 12.9. The van der Waals surface area contributed by atoms with Gasteiger partial charge in [0.2, 0.25) is 0 Å². The van der Waals surface area contributed by atoms with Gasteiger partial charge in [-0.15, -0.1) is 0 Å². The zero-order chi connectivity index (χ0) is 13.7. The average Bonchev–Trinajstić information content (AvgIpc) is 2.41. The van der Waals surface area contributed by atoms with Crippen molar-refractivity contribution in [2.24, 2.45) is 5.73 Å². The Balaban J connectivity index is 0. The molecular weight excluding hydrogens is 210 g/mol. The quantitative estimate of drug-likeness (QED) is 0.866. The summed E-state index contributed by atoms with van der Waals surface area (Å²) in [6, 6.07) is 9.93. The van der Waals surface area contributed by atoms with Crippen molar-refractivity contribution in [2.45, 2.75) is 47.0 Å². The topological polar surface area (TPSA) is 43.1 Å². The number of rotatable bonds is 4. The Bertz CT molecular complexity index is 270. The van der Waals surface area contributed by atoms with Gasteiger partial charge >= 0.3 is 0 Å². The van der Waals surface area contributed by atoms with Gasteiger partial charge in [0.05, 0.1) is 0 Å². The Morgan fingerprint density at radius 3 is 1.94 bits per heavy atom. The minimum Gasteiger partial charge on any atom is -0.330 e. The van der Waals surface area contributed by atoms with Crippen molar-refractivity contribution in [1.29, 1.82) is 0 Å². The Kier molecular flexibility index (Phi) is 13.8. The molecule has 0 aliphatic heterocycles. The first-order valence-corrected chi connectivity index (χ1v) is 6.48. The van der Waals surface area contributed by atoms with Gasteiger partial charge in [-0.25, -0.2) is 0 Å². The standard InChI is InChI=1S/C11H15NO.2C2H6/c1-9(13)7-11(8-12)10-5-3-2-4-6-10;2*1-2/h2-6,11H,7-8,12H2,1H3;2*1-2H3. The van der Waals surface area contributed by atoms with E-state index in [9.17, 15) is 4.79 Å². The number of Topliss-reactive ketones (excluding diaryl/α,β-unsaturated/α-hetero) is 1. The second-order valence-corrected chi connectivity index (χ2v) is 3.25. The van der Waals surface area contributed by atoms with Gasteiger partial charge in [0.25, 0.3) is 0 Å². The van der Waals surface area contributed by atoms with E-state index in [0.29, 0.717) is 13.0 Å². The van der Waals surface area contributed by atoms with Gasteiger partial charge in [-0.05, 0) is 19.0 Å². The van der Waals surface area contributed by atoms with Crippen molar-refractivity contribution in [2.75, 3.05) is 6.54 Å². The van der Waals surface area contributed by atoms with Gasteiger partial charge in [0.1, 0.15) is 5.78 Å². The summed E-state index contributed by atoms with van der Waals surface area (Å²) in [7, 11) is 0. The van der Waals surface area contributed by atoms with E-state index < -0.39 is 0 Å². The van der Waals surface area contributed by atoms with Gasteiger partial charge < -0.3 is 10.5 Å². The summed E-state index contributed by atoms with van der Waals surface area (Å²) in [5.74, 6) is 0.373. The summed E-state index contributed by atoms with van der Waals surface area (Å²) in [6.45, 7) is 10.1. The fourth-order valence-corrected chi connectivity index (χ4v) is 1.41. The molecule has 1 rings (SSSR count). The molecule has 0 saturated heterocycles. The van der Waals surface area contributed by atoms with Crippen LogP contribution in [0.4, 0.5) is 0 Å². The average molecular weight is 237 g/mol. The maximum Gasteiger partial charge on any atom is 0.130 e. The van der Waals surface area contributed by atoms with Crippen LogP contribution in [0.15, 0.2) is 30.3 Å². The number of carbonyl (C=O) groups excluding carboxylic acids is 1. The Hall–Kier alpha value is -1.15. The lowest BCUT2D eigenvalue weighted by Gasteiger charge is -2.12. The highest BCUT2D eigenvalue weighted by atomic mass is 16.1. The maximum atomic E-state index is 10.9. The number of nitrogens with two attached hydrogens (primary N) is 1. The predicted molar refractivity (Wildman–Crippen MR) is 76.2 cm³/mol. The molecule has 0 heterocycles. The molecule has 17 heavy (non-hydrogen) atoms. The molecule has 0 aromatic heterocycles. The lowest BCUT2D eigenvalue weighted by molar-refractivity contribution is -0.117. The first-order chi connectivity index (χ1) is 8.24. The molecule has 2 N–H and O–H groups in total. The second-order valence-electron chi connectivity index (χ2n) is 3.25. The van der Waals surface area contributed by atoms with Crippen LogP contribution in [0, 0.1) is 0 Å². The predicted octanol–water partition coefficient (Wildman–Crippen LogP) is 3.76. The number of hydrogen-bond acceptors (Lipinski definition) is 2. The van der Waals surface area contributed by atoms with Crippen LogP contribution in [0.25, 0.3) is 0 Å². The van der Waals surface area contributed by atoms with Crippen LogP contribution in [0.2, 0.25) is 0 Å². The van der Waals surface area contributed by atoms with E-state index >= 15 is 0 Å². The van der Waals surface area contributed by atoms with Crippen molar-refractivity contribution in [3.63, 3.8) is 0 Å². The summed E-state index contributed by atoms with van der Waals surface area (Å²) in [5.41, 5.74) is 6.75. The van der Waals surface area contributed by atoms with E-state index in [1.54, 1.807) is 6.92 Å². The minimum absolute atomic E-state index is 0.179. The molecule has 0 bridgehead atoms. The summed E-state index contributed by atoms with van der Waals surface area (Å²) in [6.07, 6.45) is 0.542. The molecule has 1 unspecified atom stereocenters. The fraction of sp³-hybridized carbons (Fsp3) is 0.533. The van der Waals surface area contributed by atoms with Crippen molar-refractivity contribution in [3.05, 3.63) is 35.9 Å². The summed E-state index contributed by atoms with van der Waals surface area (Å²) in [5, 5.41) is 0. The van der Waals surface area contributed by atoms with Crippen molar-refractivity contribution < 1.29 is 4.79 Å². The number of hydrogen-bond donors (Lipinski definition) is 1. The maximum absolute atomic E-state index is 10.9. The number of ketones is 1. The summed E-state index contributed by atoms with van der Waals surface area (Å²) in [4.78, 5) is 10.9. The summed E-state index contributed by atoms with van der Waals surface area (Å²) < 4.78 is 0. The van der Waals surface area contributed by atoms with Crippen LogP contribution in [0.5, 0.6) is 0 Å². The zero-order valence-corrected chi connectivity index (χ0v) is 11.9. The van der Waals surface area contributed by atoms with Gasteiger partial charge in [-0.2, -0.15) is 0 Å². The van der Waals surface area contributed by atoms with Crippen LogP contribution in [-0.4, -0.2) is 12.3 Å². The Morgan fingerprint density at radius 1 is 1.12 bits per heavy atom. The van der Waals surface area contributed by atoms with E-state index in [2.05, 4.69) is 0 Å². The normalized spacial score (nSPS) is 10.2. The first-order valence-electron chi connectivity index (χ1n) is 6.48. The highest BCUT2D eigenvalue weighted by Gasteiger charge is 2.10. The van der Waals surface area contributed by atoms with Crippen LogP contribution in [0.1, 0.15) is 52.5 Å². The molecule has 2 nitrogen and oxygen atoms in total. The van der Waals surface area contributed by atoms with E-state index in [1.165, 1.54) is 0 Å². The van der Waals surface area contributed by atoms with Gasteiger partial charge in [-0.1, -0.05) is 58.0 Å². The molecule has 0 saturated carbocycles. The lowest BCUT2D eigenvalue weighted by atomic mass is 9.94. The molecule has 0 fully saturated rings. The van der Waals surface area contributed by atoms with Gasteiger partial charge in [0, 0.05) is 12.3 Å². The van der Waals surface area contributed by atoms with Crippen LogP contribution >= 0.6 is 0 Å². The molecule has 0 aliphatic rings. The highest BCUT2D eigenvalue weighted by molar-refractivity contribution is 5.76. The van der Waals surface area contributed by atoms with Gasteiger partial charge in [0.15, 0.2) is 0 Å². The first kappa shape index (κ1) is 18.2.